The lowest BCUT2D eigenvalue weighted by molar-refractivity contribution is 0.0930. The number of benzene rings is 1. The standard InChI is InChI=1S/C15H19N3OS/c1-10-9-14(18(3)17-10)15(19)16-11(2)12-5-7-13(20-4)8-6-12/h5-9,11H,1-4H3,(H,16,19). The Balaban J connectivity index is 2.08. The Hall–Kier alpha value is -1.75. The lowest BCUT2D eigenvalue weighted by Crippen LogP contribution is -2.28. The van der Waals surface area contributed by atoms with E-state index < -0.39 is 0 Å². The largest absolute Gasteiger partial charge is 0.344 e. The van der Waals surface area contributed by atoms with E-state index in [0.717, 1.165) is 11.3 Å². The Kier molecular flexibility index (Phi) is 4.49. The predicted molar refractivity (Wildman–Crippen MR) is 82.0 cm³/mol. The second-order valence-electron chi connectivity index (χ2n) is 4.76. The van der Waals surface area contributed by atoms with E-state index in [1.54, 1.807) is 29.6 Å². The fourth-order valence-corrected chi connectivity index (χ4v) is 2.48. The summed E-state index contributed by atoms with van der Waals surface area (Å²) < 4.78 is 1.61. The van der Waals surface area contributed by atoms with Crippen molar-refractivity contribution in [3.63, 3.8) is 0 Å². The van der Waals surface area contributed by atoms with Crippen LogP contribution in [0.3, 0.4) is 0 Å². The highest BCUT2D eigenvalue weighted by Crippen LogP contribution is 2.19. The highest BCUT2D eigenvalue weighted by Gasteiger charge is 2.15. The van der Waals surface area contributed by atoms with E-state index in [4.69, 9.17) is 0 Å². The van der Waals surface area contributed by atoms with Gasteiger partial charge in [-0.3, -0.25) is 9.48 Å². The van der Waals surface area contributed by atoms with Gasteiger partial charge in [-0.15, -0.1) is 11.8 Å². The molecule has 1 aromatic carbocycles. The molecule has 0 bridgehead atoms. The zero-order valence-corrected chi connectivity index (χ0v) is 13.0. The van der Waals surface area contributed by atoms with Gasteiger partial charge in [-0.2, -0.15) is 5.10 Å². The number of nitrogens with one attached hydrogen (secondary N) is 1. The van der Waals surface area contributed by atoms with Crippen molar-refractivity contribution in [1.29, 1.82) is 0 Å². The molecule has 1 atom stereocenters. The second-order valence-corrected chi connectivity index (χ2v) is 5.64. The summed E-state index contributed by atoms with van der Waals surface area (Å²) in [6.07, 6.45) is 2.05. The van der Waals surface area contributed by atoms with Gasteiger partial charge in [0.2, 0.25) is 0 Å². The molecule has 1 N–H and O–H groups in total. The maximum atomic E-state index is 12.2. The van der Waals surface area contributed by atoms with E-state index in [9.17, 15) is 4.79 Å². The summed E-state index contributed by atoms with van der Waals surface area (Å²) >= 11 is 1.71. The monoisotopic (exact) mass is 289 g/mol. The number of thioether (sulfide) groups is 1. The summed E-state index contributed by atoms with van der Waals surface area (Å²) in [5.41, 5.74) is 2.51. The third kappa shape index (κ3) is 3.22. The number of amides is 1. The third-order valence-electron chi connectivity index (χ3n) is 3.20. The first kappa shape index (κ1) is 14.7. The molecule has 20 heavy (non-hydrogen) atoms. The van der Waals surface area contributed by atoms with E-state index in [0.29, 0.717) is 5.69 Å². The van der Waals surface area contributed by atoms with Gasteiger partial charge >= 0.3 is 0 Å². The molecule has 2 rings (SSSR count). The predicted octanol–water partition coefficient (Wildman–Crippen LogP) is 2.94. The van der Waals surface area contributed by atoms with E-state index in [1.807, 2.05) is 32.2 Å². The minimum atomic E-state index is -0.102. The molecule has 0 saturated heterocycles. The van der Waals surface area contributed by atoms with Gasteiger partial charge in [0.1, 0.15) is 5.69 Å². The van der Waals surface area contributed by atoms with Crippen LogP contribution in [0.15, 0.2) is 35.2 Å². The first-order valence-corrected chi connectivity index (χ1v) is 7.69. The molecule has 0 spiro atoms. The summed E-state index contributed by atoms with van der Waals surface area (Å²) in [6.45, 7) is 3.86. The molecule has 0 aliphatic heterocycles. The Morgan fingerprint density at radius 3 is 2.50 bits per heavy atom. The van der Waals surface area contributed by atoms with Crippen LogP contribution in [0, 0.1) is 6.92 Å². The molecule has 0 aliphatic carbocycles. The summed E-state index contributed by atoms with van der Waals surface area (Å²) in [7, 11) is 1.78. The Bertz CT molecular complexity index is 604. The number of aromatic nitrogens is 2. The maximum Gasteiger partial charge on any atom is 0.270 e. The molecule has 1 heterocycles. The summed E-state index contributed by atoms with van der Waals surface area (Å²) in [4.78, 5) is 13.4. The number of aryl methyl sites for hydroxylation is 2. The molecular weight excluding hydrogens is 270 g/mol. The van der Waals surface area contributed by atoms with Gasteiger partial charge in [0.15, 0.2) is 0 Å². The molecule has 0 fully saturated rings. The highest BCUT2D eigenvalue weighted by atomic mass is 32.2. The molecule has 4 nitrogen and oxygen atoms in total. The number of hydrogen-bond donors (Lipinski definition) is 1. The summed E-state index contributed by atoms with van der Waals surface area (Å²) in [5.74, 6) is -0.102. The Morgan fingerprint density at radius 2 is 2.00 bits per heavy atom. The topological polar surface area (TPSA) is 46.9 Å². The van der Waals surface area contributed by atoms with Gasteiger partial charge in [-0.25, -0.2) is 0 Å². The van der Waals surface area contributed by atoms with Crippen molar-refractivity contribution >= 4 is 17.7 Å². The van der Waals surface area contributed by atoms with Gasteiger partial charge in [-0.05, 0) is 43.9 Å². The van der Waals surface area contributed by atoms with Gasteiger partial charge in [0.25, 0.3) is 5.91 Å². The van der Waals surface area contributed by atoms with E-state index >= 15 is 0 Å². The van der Waals surface area contributed by atoms with Crippen molar-refractivity contribution in [3.8, 4) is 0 Å². The minimum absolute atomic E-state index is 0.0337. The normalized spacial score (nSPS) is 12.2. The van der Waals surface area contributed by atoms with Crippen LogP contribution in [0.25, 0.3) is 0 Å². The molecule has 0 aliphatic rings. The number of nitrogens with zero attached hydrogens (tertiary/aromatic N) is 2. The molecule has 5 heteroatoms. The third-order valence-corrected chi connectivity index (χ3v) is 3.94. The Morgan fingerprint density at radius 1 is 1.35 bits per heavy atom. The van der Waals surface area contributed by atoms with Crippen molar-refractivity contribution in [3.05, 3.63) is 47.3 Å². The maximum absolute atomic E-state index is 12.2. The Labute approximate surface area is 123 Å². The molecule has 0 saturated carbocycles. The SMILES string of the molecule is CSc1ccc(C(C)NC(=O)c2cc(C)nn2C)cc1. The van der Waals surface area contributed by atoms with Crippen LogP contribution in [0.4, 0.5) is 0 Å². The van der Waals surface area contributed by atoms with Gasteiger partial charge < -0.3 is 5.32 Å². The van der Waals surface area contributed by atoms with E-state index in [1.165, 1.54) is 4.90 Å². The van der Waals surface area contributed by atoms with Crippen LogP contribution >= 0.6 is 11.8 Å². The van der Waals surface area contributed by atoms with Crippen molar-refractivity contribution in [2.75, 3.05) is 6.26 Å². The van der Waals surface area contributed by atoms with Gasteiger partial charge in [0.05, 0.1) is 11.7 Å². The van der Waals surface area contributed by atoms with Gasteiger partial charge in [-0.1, -0.05) is 12.1 Å². The summed E-state index contributed by atoms with van der Waals surface area (Å²) in [6, 6.07) is 9.98. The smallest absolute Gasteiger partial charge is 0.270 e. The van der Waals surface area contributed by atoms with Crippen LogP contribution in [0.5, 0.6) is 0 Å². The number of carbonyl (C=O) groups is 1. The first-order chi connectivity index (χ1) is 9.51. The van der Waals surface area contributed by atoms with Crippen LogP contribution in [-0.4, -0.2) is 21.9 Å². The zero-order valence-electron chi connectivity index (χ0n) is 12.2. The average Bonchev–Trinajstić information content (AvgIpc) is 2.78. The van der Waals surface area contributed by atoms with Crippen LogP contribution in [0.1, 0.15) is 34.7 Å². The average molecular weight is 289 g/mol. The van der Waals surface area contributed by atoms with Crippen LogP contribution in [0.2, 0.25) is 0 Å². The summed E-state index contributed by atoms with van der Waals surface area (Å²) in [5, 5.41) is 7.19. The van der Waals surface area contributed by atoms with E-state index in [2.05, 4.69) is 22.5 Å². The van der Waals surface area contributed by atoms with Crippen molar-refractivity contribution in [2.45, 2.75) is 24.8 Å². The quantitative estimate of drug-likeness (QED) is 0.880. The zero-order chi connectivity index (χ0) is 14.7. The fraction of sp³-hybridized carbons (Fsp3) is 0.333. The van der Waals surface area contributed by atoms with Crippen LogP contribution < -0.4 is 5.32 Å². The lowest BCUT2D eigenvalue weighted by atomic mass is 10.1. The number of rotatable bonds is 4. The van der Waals surface area contributed by atoms with Crippen molar-refractivity contribution in [1.82, 2.24) is 15.1 Å². The molecule has 0 radical (unpaired) electrons. The number of hydrogen-bond acceptors (Lipinski definition) is 3. The van der Waals surface area contributed by atoms with Gasteiger partial charge in [0, 0.05) is 11.9 Å². The van der Waals surface area contributed by atoms with Crippen LogP contribution in [-0.2, 0) is 7.05 Å². The van der Waals surface area contributed by atoms with Crippen molar-refractivity contribution < 1.29 is 4.79 Å². The minimum Gasteiger partial charge on any atom is -0.344 e. The second kappa shape index (κ2) is 6.13. The molecule has 1 amide bonds. The van der Waals surface area contributed by atoms with Crippen molar-refractivity contribution in [2.24, 2.45) is 7.05 Å². The fourth-order valence-electron chi connectivity index (χ4n) is 2.07. The molecule has 106 valence electrons. The highest BCUT2D eigenvalue weighted by molar-refractivity contribution is 7.98. The lowest BCUT2D eigenvalue weighted by Gasteiger charge is -2.14. The first-order valence-electron chi connectivity index (χ1n) is 6.46. The molecule has 1 unspecified atom stereocenters. The molecular formula is C15H19N3OS. The molecule has 1 aromatic heterocycles. The number of carbonyl (C=O) groups excluding carboxylic acids is 1. The molecule has 2 aromatic rings. The van der Waals surface area contributed by atoms with E-state index in [-0.39, 0.29) is 11.9 Å².